The molecule has 0 saturated heterocycles. The number of methoxy groups -OCH3 is 1. The van der Waals surface area contributed by atoms with Crippen LogP contribution in [0.25, 0.3) is 0 Å². The van der Waals surface area contributed by atoms with E-state index in [9.17, 15) is 4.79 Å². The molecular formula is C18H28N2O2S. The molecule has 1 aromatic rings. The van der Waals surface area contributed by atoms with Gasteiger partial charge in [-0.3, -0.25) is 4.79 Å². The zero-order chi connectivity index (χ0) is 16.3. The van der Waals surface area contributed by atoms with E-state index >= 15 is 0 Å². The summed E-state index contributed by atoms with van der Waals surface area (Å²) in [5, 5.41) is 6.55. The SMILES string of the molecule is COc1ccc(SCC(=O)NCCNC2CCCCCC2)cc1. The van der Waals surface area contributed by atoms with Crippen molar-refractivity contribution in [2.75, 3.05) is 26.0 Å². The molecule has 1 saturated carbocycles. The largest absolute Gasteiger partial charge is 0.497 e. The number of amides is 1. The van der Waals surface area contributed by atoms with Crippen molar-refractivity contribution in [1.29, 1.82) is 0 Å². The Morgan fingerprint density at radius 2 is 1.83 bits per heavy atom. The van der Waals surface area contributed by atoms with Crippen LogP contribution in [-0.4, -0.2) is 37.9 Å². The van der Waals surface area contributed by atoms with Crippen LogP contribution >= 0.6 is 11.8 Å². The molecule has 0 heterocycles. The number of benzene rings is 1. The normalized spacial score (nSPS) is 15.9. The van der Waals surface area contributed by atoms with Crippen LogP contribution in [0.3, 0.4) is 0 Å². The summed E-state index contributed by atoms with van der Waals surface area (Å²) in [6, 6.07) is 8.42. The predicted molar refractivity (Wildman–Crippen MR) is 96.2 cm³/mol. The van der Waals surface area contributed by atoms with Crippen molar-refractivity contribution in [2.45, 2.75) is 49.5 Å². The fraction of sp³-hybridized carbons (Fsp3) is 0.611. The first-order valence-corrected chi connectivity index (χ1v) is 9.53. The van der Waals surface area contributed by atoms with Crippen LogP contribution in [0, 0.1) is 0 Å². The molecule has 5 heteroatoms. The number of rotatable bonds is 8. The van der Waals surface area contributed by atoms with E-state index in [0.29, 0.717) is 18.3 Å². The molecule has 0 atom stereocenters. The van der Waals surface area contributed by atoms with Crippen molar-refractivity contribution in [1.82, 2.24) is 10.6 Å². The Balaban J connectivity index is 1.55. The predicted octanol–water partition coefficient (Wildman–Crippen LogP) is 3.22. The molecule has 0 radical (unpaired) electrons. The van der Waals surface area contributed by atoms with Crippen molar-refractivity contribution in [3.05, 3.63) is 24.3 Å². The summed E-state index contributed by atoms with van der Waals surface area (Å²) in [6.45, 7) is 1.57. The van der Waals surface area contributed by atoms with Gasteiger partial charge in [-0.05, 0) is 37.1 Å². The van der Waals surface area contributed by atoms with Gasteiger partial charge in [0.15, 0.2) is 0 Å². The van der Waals surface area contributed by atoms with Crippen LogP contribution in [-0.2, 0) is 4.79 Å². The molecule has 0 unspecified atom stereocenters. The minimum Gasteiger partial charge on any atom is -0.497 e. The van der Waals surface area contributed by atoms with Crippen LogP contribution in [0.1, 0.15) is 38.5 Å². The molecular weight excluding hydrogens is 308 g/mol. The van der Waals surface area contributed by atoms with Crippen molar-refractivity contribution < 1.29 is 9.53 Å². The van der Waals surface area contributed by atoms with E-state index < -0.39 is 0 Å². The van der Waals surface area contributed by atoms with Crippen molar-refractivity contribution >= 4 is 17.7 Å². The number of thioether (sulfide) groups is 1. The van der Waals surface area contributed by atoms with E-state index in [1.807, 2.05) is 24.3 Å². The first-order valence-electron chi connectivity index (χ1n) is 8.55. The minimum absolute atomic E-state index is 0.0912. The van der Waals surface area contributed by atoms with Crippen molar-refractivity contribution in [2.24, 2.45) is 0 Å². The Labute approximate surface area is 143 Å². The molecule has 0 bridgehead atoms. The monoisotopic (exact) mass is 336 g/mol. The molecule has 2 rings (SSSR count). The van der Waals surface area contributed by atoms with Crippen LogP contribution in [0.2, 0.25) is 0 Å². The van der Waals surface area contributed by atoms with Crippen LogP contribution in [0.15, 0.2) is 29.2 Å². The lowest BCUT2D eigenvalue weighted by molar-refractivity contribution is -0.118. The van der Waals surface area contributed by atoms with Crippen molar-refractivity contribution in [3.63, 3.8) is 0 Å². The van der Waals surface area contributed by atoms with E-state index in [0.717, 1.165) is 17.2 Å². The summed E-state index contributed by atoms with van der Waals surface area (Å²) >= 11 is 1.55. The molecule has 23 heavy (non-hydrogen) atoms. The topological polar surface area (TPSA) is 50.4 Å². The van der Waals surface area contributed by atoms with Gasteiger partial charge in [0.2, 0.25) is 5.91 Å². The van der Waals surface area contributed by atoms with E-state index in [1.54, 1.807) is 18.9 Å². The maximum absolute atomic E-state index is 11.9. The lowest BCUT2D eigenvalue weighted by Gasteiger charge is -2.16. The molecule has 1 aromatic carbocycles. The van der Waals surface area contributed by atoms with Gasteiger partial charge in [-0.2, -0.15) is 0 Å². The lowest BCUT2D eigenvalue weighted by Crippen LogP contribution is -2.37. The quantitative estimate of drug-likeness (QED) is 0.435. The molecule has 0 aromatic heterocycles. The average Bonchev–Trinajstić information content (AvgIpc) is 2.86. The zero-order valence-electron chi connectivity index (χ0n) is 14.0. The highest BCUT2D eigenvalue weighted by Gasteiger charge is 2.11. The van der Waals surface area contributed by atoms with Crippen molar-refractivity contribution in [3.8, 4) is 5.75 Å². The van der Waals surface area contributed by atoms with Gasteiger partial charge < -0.3 is 15.4 Å². The number of hydrogen-bond donors (Lipinski definition) is 2. The second-order valence-corrected chi connectivity index (χ2v) is 7.01. The van der Waals surface area contributed by atoms with Crippen LogP contribution < -0.4 is 15.4 Å². The highest BCUT2D eigenvalue weighted by atomic mass is 32.2. The fourth-order valence-corrected chi connectivity index (χ4v) is 3.56. The standard InChI is InChI=1S/C18H28N2O2S/c1-22-16-8-10-17(11-9-16)23-14-18(21)20-13-12-19-15-6-4-2-3-5-7-15/h8-11,15,19H,2-7,12-14H2,1H3,(H,20,21). The Morgan fingerprint density at radius 1 is 1.13 bits per heavy atom. The molecule has 1 aliphatic carbocycles. The molecule has 1 aliphatic rings. The van der Waals surface area contributed by atoms with Gasteiger partial charge in [0.25, 0.3) is 0 Å². The maximum Gasteiger partial charge on any atom is 0.230 e. The number of hydrogen-bond acceptors (Lipinski definition) is 4. The summed E-state index contributed by atoms with van der Waals surface area (Å²) in [4.78, 5) is 12.9. The third-order valence-electron chi connectivity index (χ3n) is 4.16. The smallest absolute Gasteiger partial charge is 0.230 e. The van der Waals surface area contributed by atoms with Gasteiger partial charge in [-0.1, -0.05) is 25.7 Å². The summed E-state index contributed by atoms with van der Waals surface area (Å²) in [6.07, 6.45) is 7.97. The average molecular weight is 337 g/mol. The second kappa shape index (κ2) is 10.6. The molecule has 2 N–H and O–H groups in total. The minimum atomic E-state index is 0.0912. The molecule has 0 aliphatic heterocycles. The summed E-state index contributed by atoms with van der Waals surface area (Å²) in [5.74, 6) is 1.38. The number of ether oxygens (including phenoxy) is 1. The van der Waals surface area contributed by atoms with Gasteiger partial charge in [0, 0.05) is 24.0 Å². The molecule has 128 valence electrons. The van der Waals surface area contributed by atoms with Gasteiger partial charge in [0.05, 0.1) is 12.9 Å². The lowest BCUT2D eigenvalue weighted by atomic mass is 10.1. The molecule has 1 fully saturated rings. The molecule has 0 spiro atoms. The number of carbonyl (C=O) groups is 1. The third-order valence-corrected chi connectivity index (χ3v) is 5.18. The second-order valence-electron chi connectivity index (χ2n) is 5.96. The highest BCUT2D eigenvalue weighted by Crippen LogP contribution is 2.21. The highest BCUT2D eigenvalue weighted by molar-refractivity contribution is 8.00. The number of carbonyl (C=O) groups excluding carboxylic acids is 1. The number of nitrogens with one attached hydrogen (secondary N) is 2. The van der Waals surface area contributed by atoms with E-state index in [-0.39, 0.29) is 5.91 Å². The third kappa shape index (κ3) is 7.27. The first kappa shape index (κ1) is 18.1. The Morgan fingerprint density at radius 3 is 2.48 bits per heavy atom. The van der Waals surface area contributed by atoms with Crippen LogP contribution in [0.5, 0.6) is 5.75 Å². The summed E-state index contributed by atoms with van der Waals surface area (Å²) in [7, 11) is 1.65. The van der Waals surface area contributed by atoms with Gasteiger partial charge in [-0.25, -0.2) is 0 Å². The van der Waals surface area contributed by atoms with E-state index in [2.05, 4.69) is 10.6 Å². The first-order chi connectivity index (χ1) is 11.3. The van der Waals surface area contributed by atoms with Gasteiger partial charge in [0.1, 0.15) is 5.75 Å². The maximum atomic E-state index is 11.9. The zero-order valence-corrected chi connectivity index (χ0v) is 14.8. The summed E-state index contributed by atoms with van der Waals surface area (Å²) < 4.78 is 5.12. The molecule has 4 nitrogen and oxygen atoms in total. The van der Waals surface area contributed by atoms with Gasteiger partial charge in [-0.15, -0.1) is 11.8 Å². The van der Waals surface area contributed by atoms with Gasteiger partial charge >= 0.3 is 0 Å². The van der Waals surface area contributed by atoms with E-state index in [1.165, 1.54) is 38.5 Å². The van der Waals surface area contributed by atoms with Crippen LogP contribution in [0.4, 0.5) is 0 Å². The Hall–Kier alpha value is -1.20. The fourth-order valence-electron chi connectivity index (χ4n) is 2.83. The summed E-state index contributed by atoms with van der Waals surface area (Å²) in [5.41, 5.74) is 0. The van der Waals surface area contributed by atoms with E-state index in [4.69, 9.17) is 4.74 Å². The Kier molecular flexibility index (Phi) is 8.32. The Bertz CT molecular complexity index is 457. The molecule has 1 amide bonds.